The Bertz CT molecular complexity index is 677. The predicted molar refractivity (Wildman–Crippen MR) is 92.5 cm³/mol. The molecule has 1 aromatic rings. The van der Waals surface area contributed by atoms with Gasteiger partial charge < -0.3 is 10.6 Å². The molecule has 1 aliphatic carbocycles. The zero-order valence-electron chi connectivity index (χ0n) is 14.1. The molecule has 0 unspecified atom stereocenters. The Morgan fingerprint density at radius 1 is 1.17 bits per heavy atom. The van der Waals surface area contributed by atoms with E-state index >= 15 is 0 Å². The minimum absolute atomic E-state index is 0.0429. The summed E-state index contributed by atoms with van der Waals surface area (Å²) in [4.78, 5) is 12.4. The van der Waals surface area contributed by atoms with Crippen LogP contribution in [0.25, 0.3) is 0 Å². The van der Waals surface area contributed by atoms with Gasteiger partial charge >= 0.3 is 0 Å². The van der Waals surface area contributed by atoms with Crippen LogP contribution in [0.4, 0.5) is 5.69 Å². The first-order valence-electron chi connectivity index (χ1n) is 8.12. The van der Waals surface area contributed by atoms with E-state index in [4.69, 9.17) is 0 Å². The third-order valence-electron chi connectivity index (χ3n) is 4.31. The van der Waals surface area contributed by atoms with Crippen LogP contribution in [-0.2, 0) is 14.6 Å². The molecule has 0 aromatic heterocycles. The second-order valence-electron chi connectivity index (χ2n) is 6.46. The number of hydrogen-bond acceptors (Lipinski definition) is 4. The van der Waals surface area contributed by atoms with Gasteiger partial charge in [-0.15, -0.1) is 0 Å². The molecule has 5 nitrogen and oxygen atoms in total. The Morgan fingerprint density at radius 3 is 2.43 bits per heavy atom. The average Bonchev–Trinajstić information content (AvgIpc) is 2.47. The van der Waals surface area contributed by atoms with Crippen LogP contribution in [0.1, 0.15) is 43.2 Å². The van der Waals surface area contributed by atoms with Crippen molar-refractivity contribution in [3.05, 3.63) is 23.3 Å². The first kappa shape index (κ1) is 17.8. The van der Waals surface area contributed by atoms with Crippen molar-refractivity contribution in [3.63, 3.8) is 0 Å². The quantitative estimate of drug-likeness (QED) is 0.865. The molecule has 0 radical (unpaired) electrons. The SMILES string of the molecule is Cc1cc(NCC(=O)NC2CCCCC2)c(C)c(S(C)(=O)=O)c1. The number of anilines is 1. The van der Waals surface area contributed by atoms with Crippen LogP contribution in [0.3, 0.4) is 0 Å². The van der Waals surface area contributed by atoms with E-state index in [9.17, 15) is 13.2 Å². The van der Waals surface area contributed by atoms with E-state index in [1.165, 1.54) is 25.5 Å². The molecule has 0 spiro atoms. The lowest BCUT2D eigenvalue weighted by molar-refractivity contribution is -0.120. The molecule has 1 amide bonds. The summed E-state index contributed by atoms with van der Waals surface area (Å²) in [5.41, 5.74) is 2.21. The van der Waals surface area contributed by atoms with E-state index < -0.39 is 9.84 Å². The molecular formula is C17H26N2O3S. The molecular weight excluding hydrogens is 312 g/mol. The fourth-order valence-electron chi connectivity index (χ4n) is 3.10. The molecule has 2 N–H and O–H groups in total. The summed E-state index contributed by atoms with van der Waals surface area (Å²) in [6.45, 7) is 3.77. The highest BCUT2D eigenvalue weighted by atomic mass is 32.2. The fraction of sp³-hybridized carbons (Fsp3) is 0.588. The summed E-state index contributed by atoms with van der Waals surface area (Å²) < 4.78 is 23.7. The smallest absolute Gasteiger partial charge is 0.239 e. The van der Waals surface area contributed by atoms with Crippen molar-refractivity contribution in [2.24, 2.45) is 0 Å². The number of sulfone groups is 1. The highest BCUT2D eigenvalue weighted by Crippen LogP contribution is 2.25. The van der Waals surface area contributed by atoms with E-state index in [0.717, 1.165) is 18.4 Å². The Kier molecular flexibility index (Phi) is 5.68. The number of nitrogens with one attached hydrogen (secondary N) is 2. The zero-order valence-corrected chi connectivity index (χ0v) is 14.9. The van der Waals surface area contributed by atoms with Crippen LogP contribution in [0.5, 0.6) is 0 Å². The lowest BCUT2D eigenvalue weighted by Crippen LogP contribution is -2.39. The Labute approximate surface area is 138 Å². The van der Waals surface area contributed by atoms with Crippen LogP contribution in [0.2, 0.25) is 0 Å². The minimum Gasteiger partial charge on any atom is -0.376 e. The standard InChI is InChI=1S/C17H26N2O3S/c1-12-9-15(13(2)16(10-12)23(3,21)22)18-11-17(20)19-14-7-5-4-6-8-14/h9-10,14,18H,4-8,11H2,1-3H3,(H,19,20). The van der Waals surface area contributed by atoms with Gasteiger partial charge in [-0.3, -0.25) is 4.79 Å². The van der Waals surface area contributed by atoms with E-state index in [-0.39, 0.29) is 18.5 Å². The largest absolute Gasteiger partial charge is 0.376 e. The van der Waals surface area contributed by atoms with E-state index in [0.29, 0.717) is 16.1 Å². The summed E-state index contributed by atoms with van der Waals surface area (Å²) in [5, 5.41) is 6.13. The van der Waals surface area contributed by atoms with Crippen LogP contribution < -0.4 is 10.6 Å². The summed E-state index contributed by atoms with van der Waals surface area (Å²) in [5.74, 6) is -0.0429. The highest BCUT2D eigenvalue weighted by Gasteiger charge is 2.17. The Balaban J connectivity index is 2.02. The molecule has 0 heterocycles. The number of aryl methyl sites for hydroxylation is 1. The van der Waals surface area contributed by atoms with Crippen LogP contribution in [0.15, 0.2) is 17.0 Å². The third kappa shape index (κ3) is 4.96. The van der Waals surface area contributed by atoms with Gasteiger partial charge in [-0.05, 0) is 49.9 Å². The molecule has 128 valence electrons. The van der Waals surface area contributed by atoms with Crippen molar-refractivity contribution in [1.82, 2.24) is 5.32 Å². The van der Waals surface area contributed by atoms with Gasteiger partial charge in [-0.1, -0.05) is 19.3 Å². The number of amides is 1. The molecule has 23 heavy (non-hydrogen) atoms. The number of hydrogen-bond donors (Lipinski definition) is 2. The normalized spacial score (nSPS) is 16.1. The molecule has 1 aliphatic rings. The molecule has 2 rings (SSSR count). The van der Waals surface area contributed by atoms with Gasteiger partial charge in [0.05, 0.1) is 11.4 Å². The van der Waals surface area contributed by atoms with Crippen molar-refractivity contribution < 1.29 is 13.2 Å². The van der Waals surface area contributed by atoms with Crippen LogP contribution >= 0.6 is 0 Å². The predicted octanol–water partition coefficient (Wildman–Crippen LogP) is 2.57. The monoisotopic (exact) mass is 338 g/mol. The maximum absolute atomic E-state index is 12.1. The summed E-state index contributed by atoms with van der Waals surface area (Å²) >= 11 is 0. The zero-order chi connectivity index (χ0) is 17.0. The minimum atomic E-state index is -3.28. The van der Waals surface area contributed by atoms with Crippen LogP contribution in [0, 0.1) is 13.8 Å². The Hall–Kier alpha value is -1.56. The van der Waals surface area contributed by atoms with Gasteiger partial charge in [-0.25, -0.2) is 8.42 Å². The lowest BCUT2D eigenvalue weighted by Gasteiger charge is -2.23. The number of rotatable bonds is 5. The molecule has 0 atom stereocenters. The second-order valence-corrected chi connectivity index (χ2v) is 8.45. The van der Waals surface area contributed by atoms with Gasteiger partial charge in [0.2, 0.25) is 5.91 Å². The summed E-state index contributed by atoms with van der Waals surface area (Å²) in [6, 6.07) is 3.82. The average molecular weight is 338 g/mol. The topological polar surface area (TPSA) is 75.3 Å². The fourth-order valence-corrected chi connectivity index (χ4v) is 4.16. The van der Waals surface area contributed by atoms with Gasteiger partial charge in [-0.2, -0.15) is 0 Å². The van der Waals surface area contributed by atoms with Gasteiger partial charge in [0.25, 0.3) is 0 Å². The summed E-state index contributed by atoms with van der Waals surface area (Å²) in [7, 11) is -3.28. The third-order valence-corrected chi connectivity index (χ3v) is 5.54. The van der Waals surface area contributed by atoms with E-state index in [1.54, 1.807) is 13.0 Å². The first-order valence-corrected chi connectivity index (χ1v) is 10.0. The van der Waals surface area contributed by atoms with E-state index in [1.807, 2.05) is 13.0 Å². The maximum atomic E-state index is 12.1. The Morgan fingerprint density at radius 2 is 1.83 bits per heavy atom. The van der Waals surface area contributed by atoms with E-state index in [2.05, 4.69) is 10.6 Å². The van der Waals surface area contributed by atoms with Gasteiger partial charge in [0, 0.05) is 18.0 Å². The second kappa shape index (κ2) is 7.34. The molecule has 1 fully saturated rings. The van der Waals surface area contributed by atoms with Gasteiger partial charge in [0.1, 0.15) is 0 Å². The van der Waals surface area contributed by atoms with Crippen molar-refractivity contribution in [3.8, 4) is 0 Å². The molecule has 6 heteroatoms. The molecule has 0 saturated heterocycles. The molecule has 0 aliphatic heterocycles. The molecule has 1 aromatic carbocycles. The number of carbonyl (C=O) groups excluding carboxylic acids is 1. The van der Waals surface area contributed by atoms with Crippen molar-refractivity contribution in [2.45, 2.75) is 56.9 Å². The maximum Gasteiger partial charge on any atom is 0.239 e. The van der Waals surface area contributed by atoms with Crippen molar-refractivity contribution in [2.75, 3.05) is 18.1 Å². The summed E-state index contributed by atoms with van der Waals surface area (Å²) in [6.07, 6.45) is 6.90. The number of benzene rings is 1. The van der Waals surface area contributed by atoms with Gasteiger partial charge in [0.15, 0.2) is 9.84 Å². The van der Waals surface area contributed by atoms with Crippen LogP contribution in [-0.4, -0.2) is 33.2 Å². The molecule has 0 bridgehead atoms. The van der Waals surface area contributed by atoms with Crippen molar-refractivity contribution >= 4 is 21.4 Å². The highest BCUT2D eigenvalue weighted by molar-refractivity contribution is 7.90. The van der Waals surface area contributed by atoms with Crippen molar-refractivity contribution in [1.29, 1.82) is 0 Å². The number of carbonyl (C=O) groups is 1. The first-order chi connectivity index (χ1) is 10.8. The lowest BCUT2D eigenvalue weighted by atomic mass is 9.95. The molecule has 1 saturated carbocycles.